The average molecular weight is 285 g/mol. The number of anilines is 1. The molecule has 0 unspecified atom stereocenters. The van der Waals surface area contributed by atoms with Crippen LogP contribution in [-0.4, -0.2) is 30.5 Å². The molecule has 0 bridgehead atoms. The van der Waals surface area contributed by atoms with Crippen molar-refractivity contribution in [3.63, 3.8) is 0 Å². The molecule has 1 aliphatic heterocycles. The third-order valence-electron chi connectivity index (χ3n) is 3.23. The second-order valence-electron chi connectivity index (χ2n) is 4.53. The van der Waals surface area contributed by atoms with Crippen LogP contribution >= 0.6 is 0 Å². The van der Waals surface area contributed by atoms with Crippen LogP contribution in [0.15, 0.2) is 17.0 Å². The van der Waals surface area contributed by atoms with Crippen molar-refractivity contribution in [1.29, 1.82) is 0 Å². The van der Waals surface area contributed by atoms with Crippen LogP contribution in [0.25, 0.3) is 0 Å². The fourth-order valence-electron chi connectivity index (χ4n) is 2.21. The number of hydrogen-bond acceptors (Lipinski definition) is 4. The molecule has 2 N–H and O–H groups in total. The van der Waals surface area contributed by atoms with Crippen LogP contribution in [0.4, 0.5) is 5.69 Å². The molecule has 104 valence electrons. The molecule has 0 aliphatic carbocycles. The van der Waals surface area contributed by atoms with Crippen LogP contribution in [-0.2, 0) is 21.5 Å². The van der Waals surface area contributed by atoms with Crippen molar-refractivity contribution in [3.05, 3.63) is 23.3 Å². The first-order valence-electron chi connectivity index (χ1n) is 5.87. The van der Waals surface area contributed by atoms with Gasteiger partial charge in [-0.2, -0.15) is 8.42 Å². The second-order valence-corrected chi connectivity index (χ2v) is 5.92. The summed E-state index contributed by atoms with van der Waals surface area (Å²) in [7, 11) is -4.45. The molecule has 1 fully saturated rings. The number of nitrogens with zero attached hydrogens (tertiary/aromatic N) is 1. The summed E-state index contributed by atoms with van der Waals surface area (Å²) < 4.78 is 32.1. The van der Waals surface area contributed by atoms with Crippen molar-refractivity contribution in [1.82, 2.24) is 0 Å². The number of benzene rings is 1. The maximum absolute atomic E-state index is 11.7. The second kappa shape index (κ2) is 4.92. The minimum Gasteiger partial charge on any atom is -0.392 e. The van der Waals surface area contributed by atoms with E-state index in [1.807, 2.05) is 0 Å². The van der Waals surface area contributed by atoms with Crippen molar-refractivity contribution < 1.29 is 22.9 Å². The first-order valence-corrected chi connectivity index (χ1v) is 7.31. The van der Waals surface area contributed by atoms with E-state index in [4.69, 9.17) is 5.11 Å². The van der Waals surface area contributed by atoms with Gasteiger partial charge in [0.15, 0.2) is 0 Å². The normalized spacial score (nSPS) is 16.2. The maximum atomic E-state index is 11.7. The quantitative estimate of drug-likeness (QED) is 0.803. The van der Waals surface area contributed by atoms with Crippen molar-refractivity contribution in [2.75, 3.05) is 11.4 Å². The molecule has 1 heterocycles. The number of carbonyl (C=O) groups excluding carboxylic acids is 1. The zero-order valence-corrected chi connectivity index (χ0v) is 11.3. The van der Waals surface area contributed by atoms with E-state index in [2.05, 4.69) is 0 Å². The van der Waals surface area contributed by atoms with E-state index in [0.29, 0.717) is 30.5 Å². The Morgan fingerprint density at radius 3 is 2.53 bits per heavy atom. The monoisotopic (exact) mass is 285 g/mol. The fourth-order valence-corrected chi connectivity index (χ4v) is 2.93. The van der Waals surface area contributed by atoms with Gasteiger partial charge in [-0.15, -0.1) is 0 Å². The third kappa shape index (κ3) is 2.63. The molecular formula is C12H15NO5S. The number of rotatable bonds is 3. The largest absolute Gasteiger partial charge is 0.392 e. The zero-order chi connectivity index (χ0) is 14.2. The summed E-state index contributed by atoms with van der Waals surface area (Å²) in [5.74, 6) is -0.166. The molecule has 19 heavy (non-hydrogen) atoms. The molecule has 2 rings (SSSR count). The van der Waals surface area contributed by atoms with Gasteiger partial charge in [0.2, 0.25) is 5.91 Å². The lowest BCUT2D eigenvalue weighted by Crippen LogP contribution is -2.26. The van der Waals surface area contributed by atoms with Gasteiger partial charge in [-0.3, -0.25) is 9.35 Å². The Hall–Kier alpha value is -1.44. The lowest BCUT2D eigenvalue weighted by atomic mass is 10.1. The Morgan fingerprint density at radius 2 is 2.05 bits per heavy atom. The smallest absolute Gasteiger partial charge is 0.296 e. The Balaban J connectivity index is 2.65. The summed E-state index contributed by atoms with van der Waals surface area (Å²) >= 11 is 0. The van der Waals surface area contributed by atoms with Gasteiger partial charge in [-0.25, -0.2) is 0 Å². The lowest BCUT2D eigenvalue weighted by molar-refractivity contribution is -0.117. The predicted octanol–water partition coefficient (Wildman–Crippen LogP) is 0.861. The van der Waals surface area contributed by atoms with Gasteiger partial charge >= 0.3 is 0 Å². The molecule has 0 saturated carbocycles. The average Bonchev–Trinajstić information content (AvgIpc) is 2.73. The Bertz CT molecular complexity index is 623. The summed E-state index contributed by atoms with van der Waals surface area (Å²) in [6.07, 6.45) is 1.02. The molecular weight excluding hydrogens is 270 g/mol. The van der Waals surface area contributed by atoms with E-state index >= 15 is 0 Å². The van der Waals surface area contributed by atoms with Crippen molar-refractivity contribution >= 4 is 21.7 Å². The number of aliphatic hydroxyl groups excluding tert-OH is 1. The molecule has 0 atom stereocenters. The third-order valence-corrected chi connectivity index (χ3v) is 4.11. The molecule has 0 spiro atoms. The van der Waals surface area contributed by atoms with E-state index in [0.717, 1.165) is 0 Å². The highest BCUT2D eigenvalue weighted by Crippen LogP contribution is 2.31. The van der Waals surface area contributed by atoms with Gasteiger partial charge in [0.05, 0.1) is 12.3 Å². The number of carbonyl (C=O) groups is 1. The maximum Gasteiger partial charge on any atom is 0.296 e. The molecule has 7 heteroatoms. The standard InChI is InChI=1S/C12H15NO5S/c1-8-5-10(13-4-2-3-12(13)15)11(19(16,17)18)6-9(8)7-14/h5-6,14H,2-4,7H2,1H3,(H,16,17,18). The molecule has 0 radical (unpaired) electrons. The SMILES string of the molecule is Cc1cc(N2CCCC2=O)c(S(=O)(=O)O)cc1CO. The molecule has 6 nitrogen and oxygen atoms in total. The van der Waals surface area contributed by atoms with E-state index < -0.39 is 10.1 Å². The summed E-state index contributed by atoms with van der Waals surface area (Å²) in [5, 5.41) is 9.16. The topological polar surface area (TPSA) is 94.9 Å². The molecule has 1 aromatic carbocycles. The van der Waals surface area contributed by atoms with Crippen LogP contribution in [0.2, 0.25) is 0 Å². The van der Waals surface area contributed by atoms with E-state index in [1.165, 1.54) is 17.0 Å². The van der Waals surface area contributed by atoms with Crippen molar-refractivity contribution in [3.8, 4) is 0 Å². The highest BCUT2D eigenvalue weighted by molar-refractivity contribution is 7.86. The number of aryl methyl sites for hydroxylation is 1. The zero-order valence-electron chi connectivity index (χ0n) is 10.5. The Morgan fingerprint density at radius 1 is 1.37 bits per heavy atom. The minimum atomic E-state index is -4.45. The number of aliphatic hydroxyl groups is 1. The molecule has 1 amide bonds. The number of hydrogen-bond donors (Lipinski definition) is 2. The van der Waals surface area contributed by atoms with Gasteiger partial charge in [0, 0.05) is 13.0 Å². The van der Waals surface area contributed by atoms with Crippen LogP contribution in [0.3, 0.4) is 0 Å². The predicted molar refractivity (Wildman–Crippen MR) is 68.5 cm³/mol. The van der Waals surface area contributed by atoms with Crippen LogP contribution in [0.1, 0.15) is 24.0 Å². The molecule has 1 saturated heterocycles. The Labute approximate surface area is 111 Å². The summed E-state index contributed by atoms with van der Waals surface area (Å²) in [6, 6.07) is 2.73. The van der Waals surface area contributed by atoms with E-state index in [-0.39, 0.29) is 23.1 Å². The van der Waals surface area contributed by atoms with Gasteiger partial charge in [0.1, 0.15) is 4.90 Å². The van der Waals surface area contributed by atoms with E-state index in [1.54, 1.807) is 6.92 Å². The fraction of sp³-hybridized carbons (Fsp3) is 0.417. The molecule has 1 aliphatic rings. The van der Waals surface area contributed by atoms with Crippen LogP contribution < -0.4 is 4.90 Å². The molecule has 0 aromatic heterocycles. The van der Waals surface area contributed by atoms with Gasteiger partial charge < -0.3 is 10.0 Å². The van der Waals surface area contributed by atoms with Crippen molar-refractivity contribution in [2.24, 2.45) is 0 Å². The van der Waals surface area contributed by atoms with Gasteiger partial charge in [-0.1, -0.05) is 0 Å². The highest BCUT2D eigenvalue weighted by atomic mass is 32.2. The van der Waals surface area contributed by atoms with Gasteiger partial charge in [-0.05, 0) is 36.6 Å². The molecule has 1 aromatic rings. The van der Waals surface area contributed by atoms with E-state index in [9.17, 15) is 17.8 Å². The highest BCUT2D eigenvalue weighted by Gasteiger charge is 2.28. The summed E-state index contributed by atoms with van der Waals surface area (Å²) in [4.78, 5) is 12.7. The van der Waals surface area contributed by atoms with Crippen molar-refractivity contribution in [2.45, 2.75) is 31.3 Å². The lowest BCUT2D eigenvalue weighted by Gasteiger charge is -2.20. The Kier molecular flexibility index (Phi) is 3.62. The minimum absolute atomic E-state index is 0.166. The van der Waals surface area contributed by atoms with Crippen LogP contribution in [0.5, 0.6) is 0 Å². The summed E-state index contributed by atoms with van der Waals surface area (Å²) in [5.41, 5.74) is 1.26. The first-order chi connectivity index (χ1) is 8.84. The van der Waals surface area contributed by atoms with Crippen LogP contribution in [0, 0.1) is 6.92 Å². The summed E-state index contributed by atoms with van der Waals surface area (Å²) in [6.45, 7) is 1.81. The van der Waals surface area contributed by atoms with Gasteiger partial charge in [0.25, 0.3) is 10.1 Å². The number of amides is 1. The first kappa shape index (κ1) is 14.0.